The largest absolute Gasteiger partial charge is 0.480 e. The summed E-state index contributed by atoms with van der Waals surface area (Å²) in [5.74, 6) is 1.17. The van der Waals surface area contributed by atoms with Crippen molar-refractivity contribution < 1.29 is 14.3 Å². The van der Waals surface area contributed by atoms with E-state index in [0.717, 1.165) is 11.1 Å². The summed E-state index contributed by atoms with van der Waals surface area (Å²) in [7, 11) is 0. The van der Waals surface area contributed by atoms with E-state index in [4.69, 9.17) is 14.7 Å². The number of Topliss-reactive ketones (excluding diaryl/α,β-unsaturated/α-hetero) is 1. The number of nitrogens with zero attached hydrogens (tertiary/aromatic N) is 1. The predicted octanol–water partition coefficient (Wildman–Crippen LogP) is 4.99. The van der Waals surface area contributed by atoms with Crippen molar-refractivity contribution in [1.82, 2.24) is 0 Å². The number of para-hydroxylation sites is 1. The number of rotatable bonds is 4. The monoisotopic (exact) mass is 367 g/mol. The normalized spacial score (nSPS) is 16.8. The summed E-state index contributed by atoms with van der Waals surface area (Å²) in [6, 6.07) is 26.2. The van der Waals surface area contributed by atoms with Gasteiger partial charge in [-0.25, -0.2) is 0 Å². The molecule has 4 nitrogen and oxygen atoms in total. The highest BCUT2D eigenvalue weighted by Gasteiger charge is 2.32. The van der Waals surface area contributed by atoms with Crippen LogP contribution in [0, 0.1) is 11.3 Å². The zero-order valence-electron chi connectivity index (χ0n) is 15.0. The Bertz CT molecular complexity index is 1060. The summed E-state index contributed by atoms with van der Waals surface area (Å²) >= 11 is 0. The Morgan fingerprint density at radius 1 is 0.964 bits per heavy atom. The van der Waals surface area contributed by atoms with Gasteiger partial charge in [0.1, 0.15) is 17.6 Å². The molecule has 0 fully saturated rings. The Morgan fingerprint density at radius 3 is 2.43 bits per heavy atom. The van der Waals surface area contributed by atoms with Gasteiger partial charge in [-0.3, -0.25) is 4.79 Å². The molecule has 3 aromatic rings. The van der Waals surface area contributed by atoms with Crippen molar-refractivity contribution in [2.45, 2.75) is 6.10 Å². The molecular weight excluding hydrogens is 350 g/mol. The van der Waals surface area contributed by atoms with Gasteiger partial charge in [-0.2, -0.15) is 5.26 Å². The van der Waals surface area contributed by atoms with E-state index in [9.17, 15) is 4.79 Å². The van der Waals surface area contributed by atoms with Crippen molar-refractivity contribution >= 4 is 11.9 Å². The van der Waals surface area contributed by atoms with E-state index in [0.29, 0.717) is 22.6 Å². The Balaban J connectivity index is 1.74. The highest BCUT2D eigenvalue weighted by molar-refractivity contribution is 6.14. The molecule has 0 amide bonds. The molecule has 0 N–H and O–H groups in total. The lowest BCUT2D eigenvalue weighted by Gasteiger charge is -2.28. The van der Waals surface area contributed by atoms with Crippen molar-refractivity contribution in [3.63, 3.8) is 0 Å². The molecule has 136 valence electrons. The molecule has 4 rings (SSSR count). The van der Waals surface area contributed by atoms with Crippen LogP contribution in [0.3, 0.4) is 0 Å². The Labute approximate surface area is 163 Å². The average Bonchev–Trinajstić information content (AvgIpc) is 2.75. The van der Waals surface area contributed by atoms with Crippen LogP contribution in [0.15, 0.2) is 84.4 Å². The van der Waals surface area contributed by atoms with Crippen molar-refractivity contribution in [1.29, 1.82) is 5.26 Å². The third-order valence-electron chi connectivity index (χ3n) is 4.53. The van der Waals surface area contributed by atoms with Gasteiger partial charge in [0.05, 0.1) is 5.56 Å². The third-order valence-corrected chi connectivity index (χ3v) is 4.53. The first-order valence-corrected chi connectivity index (χ1v) is 8.93. The molecule has 0 unspecified atom stereocenters. The number of carbonyl (C=O) groups is 1. The van der Waals surface area contributed by atoms with Crippen molar-refractivity contribution in [2.24, 2.45) is 0 Å². The second-order valence-electron chi connectivity index (χ2n) is 6.35. The van der Waals surface area contributed by atoms with Gasteiger partial charge in [0.2, 0.25) is 0 Å². The number of hydrogen-bond donors (Lipinski definition) is 0. The van der Waals surface area contributed by atoms with Crippen molar-refractivity contribution in [2.75, 3.05) is 6.61 Å². The molecule has 0 saturated carbocycles. The van der Waals surface area contributed by atoms with E-state index in [1.807, 2.05) is 72.8 Å². The lowest BCUT2D eigenvalue weighted by molar-refractivity contribution is 0.0963. The van der Waals surface area contributed by atoms with Gasteiger partial charge >= 0.3 is 0 Å². The zero-order valence-corrected chi connectivity index (χ0v) is 15.0. The van der Waals surface area contributed by atoms with E-state index in [1.54, 1.807) is 18.2 Å². The lowest BCUT2D eigenvalue weighted by atomic mass is 9.89. The minimum absolute atomic E-state index is 0.000370. The molecule has 1 atom stereocenters. The van der Waals surface area contributed by atoms with Crippen LogP contribution in [-0.2, 0) is 0 Å². The summed E-state index contributed by atoms with van der Waals surface area (Å²) in [6.07, 6.45) is 1.38. The molecule has 0 bridgehead atoms. The number of nitriles is 1. The van der Waals surface area contributed by atoms with Gasteiger partial charge in [-0.1, -0.05) is 54.6 Å². The maximum absolute atomic E-state index is 13.2. The van der Waals surface area contributed by atoms with Crippen LogP contribution in [0.5, 0.6) is 11.5 Å². The first kappa shape index (κ1) is 17.6. The number of hydrogen-bond acceptors (Lipinski definition) is 4. The summed E-state index contributed by atoms with van der Waals surface area (Å²) in [4.78, 5) is 13.2. The molecule has 0 aromatic heterocycles. The van der Waals surface area contributed by atoms with Crippen LogP contribution in [0.1, 0.15) is 27.6 Å². The molecule has 1 aliphatic rings. The van der Waals surface area contributed by atoms with Gasteiger partial charge in [-0.15, -0.1) is 0 Å². The van der Waals surface area contributed by atoms with Crippen LogP contribution in [0.2, 0.25) is 0 Å². The molecule has 1 heterocycles. The summed E-state index contributed by atoms with van der Waals surface area (Å²) in [6.45, 7) is -0.000370. The first-order valence-electron chi connectivity index (χ1n) is 8.93. The van der Waals surface area contributed by atoms with Gasteiger partial charge in [-0.05, 0) is 41.5 Å². The fourth-order valence-corrected chi connectivity index (χ4v) is 3.19. The lowest BCUT2D eigenvalue weighted by Crippen LogP contribution is -2.23. The minimum Gasteiger partial charge on any atom is -0.480 e. The summed E-state index contributed by atoms with van der Waals surface area (Å²) in [5.41, 5.74) is 2.92. The van der Waals surface area contributed by atoms with E-state index in [1.165, 1.54) is 0 Å². The Morgan fingerprint density at radius 2 is 1.68 bits per heavy atom. The van der Waals surface area contributed by atoms with Crippen molar-refractivity contribution in [3.8, 4) is 17.6 Å². The number of ketones is 1. The first-order chi connectivity index (χ1) is 13.8. The molecule has 28 heavy (non-hydrogen) atoms. The quantitative estimate of drug-likeness (QED) is 0.610. The molecule has 0 aliphatic carbocycles. The molecule has 0 spiro atoms. The Hall–Kier alpha value is -3.84. The third kappa shape index (κ3) is 3.51. The predicted molar refractivity (Wildman–Crippen MR) is 106 cm³/mol. The van der Waals surface area contributed by atoms with Gasteiger partial charge in [0, 0.05) is 5.57 Å². The second kappa shape index (κ2) is 7.81. The molecule has 4 heteroatoms. The standard InChI is InChI=1S/C24H17NO3/c25-14-15-27-19-12-10-17(11-13-19)16-21-23(26)20-8-4-5-9-22(20)28-24(21)18-6-2-1-3-7-18/h1-13,16,24H,15H2/b21-16-/t24-/m0/s1. The van der Waals surface area contributed by atoms with E-state index < -0.39 is 6.10 Å². The van der Waals surface area contributed by atoms with Crippen LogP contribution >= 0.6 is 0 Å². The van der Waals surface area contributed by atoms with Crippen LogP contribution in [0.4, 0.5) is 0 Å². The fourth-order valence-electron chi connectivity index (χ4n) is 3.19. The highest BCUT2D eigenvalue weighted by atomic mass is 16.5. The number of carbonyl (C=O) groups excluding carboxylic acids is 1. The summed E-state index contributed by atoms with van der Waals surface area (Å²) < 4.78 is 11.5. The summed E-state index contributed by atoms with van der Waals surface area (Å²) in [5, 5.41) is 8.61. The Kier molecular flexibility index (Phi) is 4.90. The van der Waals surface area contributed by atoms with Crippen LogP contribution < -0.4 is 9.47 Å². The van der Waals surface area contributed by atoms with Gasteiger partial charge in [0.15, 0.2) is 18.5 Å². The van der Waals surface area contributed by atoms with E-state index in [-0.39, 0.29) is 12.4 Å². The molecule has 1 aliphatic heterocycles. The number of benzene rings is 3. The topological polar surface area (TPSA) is 59.3 Å². The molecule has 0 saturated heterocycles. The van der Waals surface area contributed by atoms with E-state index in [2.05, 4.69) is 0 Å². The molecule has 3 aromatic carbocycles. The van der Waals surface area contributed by atoms with Gasteiger partial charge < -0.3 is 9.47 Å². The van der Waals surface area contributed by atoms with Crippen molar-refractivity contribution in [3.05, 3.63) is 101 Å². The van der Waals surface area contributed by atoms with E-state index >= 15 is 0 Å². The van der Waals surface area contributed by atoms with Crippen LogP contribution in [-0.4, -0.2) is 12.4 Å². The fraction of sp³-hybridized carbons (Fsp3) is 0.0833. The number of fused-ring (bicyclic) bond motifs is 1. The zero-order chi connectivity index (χ0) is 19.3. The van der Waals surface area contributed by atoms with Crippen LogP contribution in [0.25, 0.3) is 6.08 Å². The minimum atomic E-state index is -0.474. The maximum atomic E-state index is 13.2. The second-order valence-corrected chi connectivity index (χ2v) is 6.35. The SMILES string of the molecule is N#CCOc1ccc(/C=C2/C(=O)c3ccccc3O[C@H]2c2ccccc2)cc1. The average molecular weight is 367 g/mol. The maximum Gasteiger partial charge on any atom is 0.196 e. The number of ether oxygens (including phenoxy) is 2. The van der Waals surface area contributed by atoms with Gasteiger partial charge in [0.25, 0.3) is 0 Å². The smallest absolute Gasteiger partial charge is 0.196 e. The highest BCUT2D eigenvalue weighted by Crippen LogP contribution is 2.39. The molecule has 0 radical (unpaired) electrons. The molecular formula is C24H17NO3.